The van der Waals surface area contributed by atoms with Gasteiger partial charge in [0, 0.05) is 11.1 Å². The molecule has 5 nitrogen and oxygen atoms in total. The molecule has 17 heavy (non-hydrogen) atoms. The minimum atomic E-state index is -3.66. The van der Waals surface area contributed by atoms with Crippen LogP contribution in [0.2, 0.25) is 0 Å². The number of hydrogen-bond acceptors (Lipinski definition) is 4. The normalized spacial score (nSPS) is 18.9. The molecule has 1 aliphatic heterocycles. The Morgan fingerprint density at radius 2 is 1.88 bits per heavy atom. The van der Waals surface area contributed by atoms with E-state index in [1.54, 1.807) is 12.1 Å². The Morgan fingerprint density at radius 3 is 2.47 bits per heavy atom. The number of rotatable bonds is 2. The van der Waals surface area contributed by atoms with Crippen molar-refractivity contribution in [3.8, 4) is 0 Å². The fraction of sp³-hybridized carbons (Fsp3) is 0.182. The lowest BCUT2D eigenvalue weighted by Crippen LogP contribution is -2.21. The predicted octanol–water partition coefficient (Wildman–Crippen LogP) is 0.650. The van der Waals surface area contributed by atoms with Gasteiger partial charge < -0.3 is 10.2 Å². The van der Waals surface area contributed by atoms with E-state index in [0.717, 1.165) is 0 Å². The Hall–Kier alpha value is -1.66. The van der Waals surface area contributed by atoms with Crippen molar-refractivity contribution in [2.24, 2.45) is 0 Å². The second kappa shape index (κ2) is 3.68. The predicted molar refractivity (Wildman–Crippen MR) is 59.9 cm³/mol. The maximum atomic E-state index is 12.0. The van der Waals surface area contributed by atoms with Crippen LogP contribution in [0.5, 0.6) is 0 Å². The monoisotopic (exact) mass is 254 g/mol. The number of carbonyl (C=O) groups is 1. The quantitative estimate of drug-likeness (QED) is 0.808. The lowest BCUT2D eigenvalue weighted by atomic mass is 10.0. The molecule has 0 saturated heterocycles. The Balaban J connectivity index is 2.76. The molecule has 1 aromatic rings. The van der Waals surface area contributed by atoms with Gasteiger partial charge in [0.1, 0.15) is 0 Å². The average molecular weight is 254 g/mol. The number of hydrogen-bond donors (Lipinski definition) is 2. The first kappa shape index (κ1) is 11.8. The van der Waals surface area contributed by atoms with Gasteiger partial charge in [-0.05, 0) is 13.0 Å². The van der Waals surface area contributed by atoms with Crippen LogP contribution in [0.25, 0.3) is 5.57 Å². The highest BCUT2D eigenvalue weighted by Crippen LogP contribution is 2.40. The number of benzene rings is 1. The molecule has 0 radical (unpaired) electrons. The van der Waals surface area contributed by atoms with Gasteiger partial charge in [0.25, 0.3) is 0 Å². The third-order valence-electron chi connectivity index (χ3n) is 2.76. The lowest BCUT2D eigenvalue weighted by Gasteiger charge is -2.08. The maximum Gasteiger partial charge on any atom is 0.337 e. The molecule has 6 heteroatoms. The molecular formula is C11H10O5S. The van der Waals surface area contributed by atoms with Crippen molar-refractivity contribution >= 4 is 21.4 Å². The van der Waals surface area contributed by atoms with Crippen molar-refractivity contribution < 1.29 is 23.4 Å². The van der Waals surface area contributed by atoms with Gasteiger partial charge >= 0.3 is 5.97 Å². The van der Waals surface area contributed by atoms with Crippen molar-refractivity contribution in [3.63, 3.8) is 0 Å². The molecular weight excluding hydrogens is 244 g/mol. The number of carboxylic acids is 1. The van der Waals surface area contributed by atoms with Crippen LogP contribution >= 0.6 is 0 Å². The van der Waals surface area contributed by atoms with Crippen LogP contribution in [-0.2, 0) is 14.6 Å². The van der Waals surface area contributed by atoms with Crippen LogP contribution in [0.15, 0.2) is 34.1 Å². The summed E-state index contributed by atoms with van der Waals surface area (Å²) >= 11 is 0. The summed E-state index contributed by atoms with van der Waals surface area (Å²) in [6.07, 6.45) is -1.83. The van der Waals surface area contributed by atoms with E-state index in [4.69, 9.17) is 5.11 Å². The Kier molecular flexibility index (Phi) is 2.56. The first-order valence-corrected chi connectivity index (χ1v) is 6.32. The van der Waals surface area contributed by atoms with E-state index in [-0.39, 0.29) is 20.9 Å². The third-order valence-corrected chi connectivity index (χ3v) is 4.72. The molecule has 1 heterocycles. The molecule has 0 aliphatic carbocycles. The van der Waals surface area contributed by atoms with E-state index in [1.165, 1.54) is 19.1 Å². The maximum absolute atomic E-state index is 12.0. The number of aliphatic hydroxyl groups is 1. The fourth-order valence-corrected chi connectivity index (χ4v) is 3.45. The van der Waals surface area contributed by atoms with E-state index in [1.807, 2.05) is 0 Å². The Morgan fingerprint density at radius 1 is 1.29 bits per heavy atom. The second-order valence-electron chi connectivity index (χ2n) is 3.71. The Labute approximate surface area is 97.9 Å². The molecule has 2 rings (SSSR count). The second-order valence-corrected chi connectivity index (χ2v) is 5.77. The van der Waals surface area contributed by atoms with Gasteiger partial charge in [0.15, 0.2) is 6.10 Å². The van der Waals surface area contributed by atoms with Gasteiger partial charge in [-0.15, -0.1) is 0 Å². The van der Waals surface area contributed by atoms with Gasteiger partial charge in [0.05, 0.1) is 9.80 Å². The lowest BCUT2D eigenvalue weighted by molar-refractivity contribution is -0.143. The molecule has 2 N–H and O–H groups in total. The molecule has 0 saturated carbocycles. The number of aliphatic hydroxyl groups excluding tert-OH is 1. The molecule has 90 valence electrons. The average Bonchev–Trinajstić information content (AvgIpc) is 2.48. The van der Waals surface area contributed by atoms with Crippen molar-refractivity contribution in [1.29, 1.82) is 0 Å². The molecule has 1 atom stereocenters. The minimum Gasteiger partial charge on any atom is -0.479 e. The molecule has 1 aromatic carbocycles. The van der Waals surface area contributed by atoms with Crippen molar-refractivity contribution in [2.75, 3.05) is 0 Å². The first-order valence-electron chi connectivity index (χ1n) is 4.83. The summed E-state index contributed by atoms with van der Waals surface area (Å²) in [6.45, 7) is 1.30. The zero-order valence-corrected chi connectivity index (χ0v) is 9.73. The van der Waals surface area contributed by atoms with E-state index < -0.39 is 21.9 Å². The molecule has 1 unspecified atom stereocenters. The van der Waals surface area contributed by atoms with Crippen LogP contribution in [0.4, 0.5) is 0 Å². The summed E-state index contributed by atoms with van der Waals surface area (Å²) < 4.78 is 23.9. The molecule has 0 spiro atoms. The number of allylic oxidation sites excluding steroid dienone is 1. The minimum absolute atomic E-state index is 0.0481. The summed E-state index contributed by atoms with van der Waals surface area (Å²) in [4.78, 5) is 10.7. The highest BCUT2D eigenvalue weighted by atomic mass is 32.2. The summed E-state index contributed by atoms with van der Waals surface area (Å²) in [5, 5.41) is 18.3. The smallest absolute Gasteiger partial charge is 0.337 e. The SMILES string of the molecule is CC1=C(C(O)C(=O)O)c2ccccc2S1(=O)=O. The molecule has 1 aliphatic rings. The molecule has 0 bridgehead atoms. The summed E-state index contributed by atoms with van der Waals surface area (Å²) in [5.74, 6) is -1.47. The van der Waals surface area contributed by atoms with Crippen LogP contribution in [0.1, 0.15) is 12.5 Å². The van der Waals surface area contributed by atoms with Gasteiger partial charge in [-0.1, -0.05) is 18.2 Å². The number of fused-ring (bicyclic) bond motifs is 1. The number of aliphatic carboxylic acids is 1. The van der Waals surface area contributed by atoms with Gasteiger partial charge in [-0.3, -0.25) is 0 Å². The summed E-state index contributed by atoms with van der Waals surface area (Å²) in [5.41, 5.74) is 0.216. The standard InChI is InChI=1S/C11H10O5S/c1-6-9(10(12)11(13)14)7-4-2-3-5-8(7)17(6,15)16/h2-5,10,12H,1H3,(H,13,14). The number of carboxylic acid groups (broad SMARTS) is 1. The van der Waals surface area contributed by atoms with Crippen molar-refractivity contribution in [1.82, 2.24) is 0 Å². The van der Waals surface area contributed by atoms with Crippen LogP contribution in [-0.4, -0.2) is 30.7 Å². The highest BCUT2D eigenvalue weighted by Gasteiger charge is 2.37. The topological polar surface area (TPSA) is 91.7 Å². The van der Waals surface area contributed by atoms with Gasteiger partial charge in [-0.25, -0.2) is 13.2 Å². The van der Waals surface area contributed by atoms with Gasteiger partial charge in [-0.2, -0.15) is 0 Å². The zero-order valence-electron chi connectivity index (χ0n) is 8.91. The summed E-state index contributed by atoms with van der Waals surface area (Å²) in [6, 6.07) is 6.04. The fourth-order valence-electron chi connectivity index (χ4n) is 1.89. The van der Waals surface area contributed by atoms with Crippen LogP contribution < -0.4 is 0 Å². The van der Waals surface area contributed by atoms with E-state index >= 15 is 0 Å². The molecule has 0 fully saturated rings. The number of sulfone groups is 1. The molecule has 0 aromatic heterocycles. The first-order chi connectivity index (χ1) is 7.87. The van der Waals surface area contributed by atoms with E-state index in [0.29, 0.717) is 0 Å². The zero-order chi connectivity index (χ0) is 12.8. The van der Waals surface area contributed by atoms with E-state index in [9.17, 15) is 18.3 Å². The van der Waals surface area contributed by atoms with Gasteiger partial charge in [0.2, 0.25) is 9.84 Å². The van der Waals surface area contributed by atoms with Crippen molar-refractivity contribution in [2.45, 2.75) is 17.9 Å². The molecule has 0 amide bonds. The third kappa shape index (κ3) is 1.57. The van der Waals surface area contributed by atoms with E-state index in [2.05, 4.69) is 0 Å². The summed E-state index contributed by atoms with van der Waals surface area (Å²) in [7, 11) is -3.66. The van der Waals surface area contributed by atoms with Crippen molar-refractivity contribution in [3.05, 3.63) is 34.7 Å². The highest BCUT2D eigenvalue weighted by molar-refractivity contribution is 7.95. The van der Waals surface area contributed by atoms with Crippen LogP contribution in [0, 0.1) is 0 Å². The largest absolute Gasteiger partial charge is 0.479 e. The Bertz CT molecular complexity index is 627. The van der Waals surface area contributed by atoms with Crippen LogP contribution in [0.3, 0.4) is 0 Å².